The molecule has 17 heavy (non-hydrogen) atoms. The molecule has 0 saturated carbocycles. The molecule has 6 heteroatoms. The van der Waals surface area contributed by atoms with Crippen LogP contribution in [0, 0.1) is 0 Å². The van der Waals surface area contributed by atoms with Gasteiger partial charge in [0.2, 0.25) is 0 Å². The van der Waals surface area contributed by atoms with Crippen molar-refractivity contribution in [2.45, 2.75) is 0 Å². The number of aromatic hydroxyl groups is 1. The SMILES string of the molecule is Nc1ncnc2ncn(-c3ccc(O)cc3)c12. The molecule has 0 aliphatic heterocycles. The second-order valence-electron chi connectivity index (χ2n) is 3.56. The maximum absolute atomic E-state index is 9.25. The lowest BCUT2D eigenvalue weighted by atomic mass is 10.3. The molecule has 6 nitrogen and oxygen atoms in total. The summed E-state index contributed by atoms with van der Waals surface area (Å²) in [6.07, 6.45) is 3.01. The Morgan fingerprint density at radius 1 is 1.06 bits per heavy atom. The number of anilines is 1. The number of phenolic OH excluding ortho intramolecular Hbond substituents is 1. The lowest BCUT2D eigenvalue weighted by Crippen LogP contribution is -1.98. The number of nitrogens with zero attached hydrogens (tertiary/aromatic N) is 4. The maximum atomic E-state index is 9.25. The molecule has 0 fully saturated rings. The van der Waals surface area contributed by atoms with E-state index in [0.717, 1.165) is 5.69 Å². The highest BCUT2D eigenvalue weighted by atomic mass is 16.3. The van der Waals surface area contributed by atoms with Crippen molar-refractivity contribution in [1.82, 2.24) is 19.5 Å². The lowest BCUT2D eigenvalue weighted by molar-refractivity contribution is 0.475. The summed E-state index contributed by atoms with van der Waals surface area (Å²) in [5.41, 5.74) is 7.86. The van der Waals surface area contributed by atoms with E-state index in [1.54, 1.807) is 35.2 Å². The third-order valence-corrected chi connectivity index (χ3v) is 2.50. The van der Waals surface area contributed by atoms with Crippen molar-refractivity contribution in [3.63, 3.8) is 0 Å². The van der Waals surface area contributed by atoms with E-state index in [0.29, 0.717) is 17.0 Å². The van der Waals surface area contributed by atoms with Crippen LogP contribution in [0.15, 0.2) is 36.9 Å². The van der Waals surface area contributed by atoms with Crippen LogP contribution >= 0.6 is 0 Å². The van der Waals surface area contributed by atoms with Crippen LogP contribution in [0.2, 0.25) is 0 Å². The van der Waals surface area contributed by atoms with E-state index in [9.17, 15) is 5.11 Å². The number of aromatic nitrogens is 4. The number of nitrogens with two attached hydrogens (primary N) is 1. The van der Waals surface area contributed by atoms with Gasteiger partial charge < -0.3 is 10.8 Å². The van der Waals surface area contributed by atoms with E-state index >= 15 is 0 Å². The maximum Gasteiger partial charge on any atom is 0.183 e. The van der Waals surface area contributed by atoms with Gasteiger partial charge in [0.1, 0.15) is 23.9 Å². The predicted octanol–water partition coefficient (Wildman–Crippen LogP) is 1.10. The number of hydrogen-bond donors (Lipinski definition) is 2. The van der Waals surface area contributed by atoms with Crippen LogP contribution in [0.5, 0.6) is 5.75 Å². The van der Waals surface area contributed by atoms with Gasteiger partial charge in [0.25, 0.3) is 0 Å². The van der Waals surface area contributed by atoms with Crippen LogP contribution in [0.4, 0.5) is 5.82 Å². The van der Waals surface area contributed by atoms with E-state index in [4.69, 9.17) is 5.73 Å². The summed E-state index contributed by atoms with van der Waals surface area (Å²) in [5, 5.41) is 9.25. The first-order valence-corrected chi connectivity index (χ1v) is 4.98. The van der Waals surface area contributed by atoms with Crippen LogP contribution in [-0.2, 0) is 0 Å². The number of phenols is 1. The van der Waals surface area contributed by atoms with Crippen LogP contribution in [-0.4, -0.2) is 24.6 Å². The van der Waals surface area contributed by atoms with Gasteiger partial charge in [-0.25, -0.2) is 15.0 Å². The van der Waals surface area contributed by atoms with Crippen molar-refractivity contribution in [2.75, 3.05) is 5.73 Å². The molecule has 0 radical (unpaired) electrons. The molecule has 0 aliphatic carbocycles. The number of hydrogen-bond acceptors (Lipinski definition) is 5. The smallest absolute Gasteiger partial charge is 0.183 e. The Bertz CT molecular complexity index is 674. The molecule has 3 N–H and O–H groups in total. The van der Waals surface area contributed by atoms with Crippen LogP contribution < -0.4 is 5.73 Å². The predicted molar refractivity (Wildman–Crippen MR) is 62.7 cm³/mol. The van der Waals surface area contributed by atoms with Gasteiger partial charge in [-0.15, -0.1) is 0 Å². The zero-order chi connectivity index (χ0) is 11.8. The molecule has 0 aliphatic rings. The van der Waals surface area contributed by atoms with Gasteiger partial charge in [0.05, 0.1) is 0 Å². The number of nitrogen functional groups attached to an aromatic ring is 1. The van der Waals surface area contributed by atoms with Crippen molar-refractivity contribution in [3.8, 4) is 11.4 Å². The summed E-state index contributed by atoms with van der Waals surface area (Å²) >= 11 is 0. The van der Waals surface area contributed by atoms with Crippen molar-refractivity contribution < 1.29 is 5.11 Å². The van der Waals surface area contributed by atoms with Crippen molar-refractivity contribution in [2.24, 2.45) is 0 Å². The molecule has 0 amide bonds. The largest absolute Gasteiger partial charge is 0.508 e. The van der Waals surface area contributed by atoms with Gasteiger partial charge in [-0.2, -0.15) is 0 Å². The third-order valence-electron chi connectivity index (χ3n) is 2.50. The van der Waals surface area contributed by atoms with Gasteiger partial charge in [0.15, 0.2) is 11.5 Å². The molecular weight excluding hydrogens is 218 g/mol. The Morgan fingerprint density at radius 2 is 1.82 bits per heavy atom. The highest BCUT2D eigenvalue weighted by molar-refractivity contribution is 5.83. The van der Waals surface area contributed by atoms with Crippen LogP contribution in [0.1, 0.15) is 0 Å². The Hall–Kier alpha value is -2.63. The van der Waals surface area contributed by atoms with Gasteiger partial charge >= 0.3 is 0 Å². The number of benzene rings is 1. The quantitative estimate of drug-likeness (QED) is 0.649. The molecule has 2 heterocycles. The topological polar surface area (TPSA) is 89.9 Å². The summed E-state index contributed by atoms with van der Waals surface area (Å²) in [5.74, 6) is 0.586. The monoisotopic (exact) mass is 227 g/mol. The van der Waals surface area contributed by atoms with Crippen molar-refractivity contribution in [1.29, 1.82) is 0 Å². The number of rotatable bonds is 1. The Labute approximate surface area is 96.4 Å². The molecule has 3 rings (SSSR count). The molecule has 2 aromatic heterocycles. The molecule has 0 saturated heterocycles. The Balaban J connectivity index is 2.27. The van der Waals surface area contributed by atoms with Gasteiger partial charge in [-0.3, -0.25) is 4.57 Å². The van der Waals surface area contributed by atoms with Crippen LogP contribution in [0.3, 0.4) is 0 Å². The normalized spacial score (nSPS) is 10.8. The summed E-state index contributed by atoms with van der Waals surface area (Å²) in [6, 6.07) is 6.73. The van der Waals surface area contributed by atoms with E-state index in [2.05, 4.69) is 15.0 Å². The molecular formula is C11H9N5O. The molecule has 3 aromatic rings. The Kier molecular flexibility index (Phi) is 1.94. The second-order valence-corrected chi connectivity index (χ2v) is 3.56. The molecule has 0 spiro atoms. The van der Waals surface area contributed by atoms with Gasteiger partial charge in [-0.1, -0.05) is 0 Å². The third kappa shape index (κ3) is 1.46. The number of imidazole rings is 1. The zero-order valence-corrected chi connectivity index (χ0v) is 8.78. The summed E-state index contributed by atoms with van der Waals surface area (Å²) in [4.78, 5) is 12.1. The standard InChI is InChI=1S/C11H9N5O/c12-10-9-11(14-5-13-10)15-6-16(9)7-1-3-8(17)4-2-7/h1-6,17H,(H2,12,13,14). The minimum atomic E-state index is 0.211. The van der Waals surface area contributed by atoms with Crippen molar-refractivity contribution >= 4 is 17.0 Å². The van der Waals surface area contributed by atoms with E-state index in [-0.39, 0.29) is 5.75 Å². The first-order valence-electron chi connectivity index (χ1n) is 4.98. The van der Waals surface area contributed by atoms with E-state index < -0.39 is 0 Å². The Morgan fingerprint density at radius 3 is 2.59 bits per heavy atom. The molecule has 84 valence electrons. The number of fused-ring (bicyclic) bond motifs is 1. The first-order chi connectivity index (χ1) is 8.25. The zero-order valence-electron chi connectivity index (χ0n) is 8.78. The minimum absolute atomic E-state index is 0.211. The molecule has 1 aromatic carbocycles. The highest BCUT2D eigenvalue weighted by Gasteiger charge is 2.09. The van der Waals surface area contributed by atoms with Crippen LogP contribution in [0.25, 0.3) is 16.9 Å². The summed E-state index contributed by atoms with van der Waals surface area (Å²) in [6.45, 7) is 0. The summed E-state index contributed by atoms with van der Waals surface area (Å²) in [7, 11) is 0. The average Bonchev–Trinajstić information content (AvgIpc) is 2.75. The summed E-state index contributed by atoms with van der Waals surface area (Å²) < 4.78 is 1.78. The lowest BCUT2D eigenvalue weighted by Gasteiger charge is -2.04. The van der Waals surface area contributed by atoms with Gasteiger partial charge in [0, 0.05) is 5.69 Å². The first kappa shape index (κ1) is 9.59. The molecule has 0 atom stereocenters. The molecule has 0 unspecified atom stereocenters. The van der Waals surface area contributed by atoms with Gasteiger partial charge in [-0.05, 0) is 24.3 Å². The second kappa shape index (κ2) is 3.44. The van der Waals surface area contributed by atoms with E-state index in [1.807, 2.05) is 0 Å². The highest BCUT2D eigenvalue weighted by Crippen LogP contribution is 2.21. The fourth-order valence-corrected chi connectivity index (χ4v) is 1.69. The fraction of sp³-hybridized carbons (Fsp3) is 0. The fourth-order valence-electron chi connectivity index (χ4n) is 1.69. The minimum Gasteiger partial charge on any atom is -0.508 e. The van der Waals surface area contributed by atoms with Crippen molar-refractivity contribution in [3.05, 3.63) is 36.9 Å². The molecule has 0 bridgehead atoms. The van der Waals surface area contributed by atoms with E-state index in [1.165, 1.54) is 6.33 Å². The average molecular weight is 227 g/mol.